The van der Waals surface area contributed by atoms with Crippen LogP contribution in [-0.2, 0) is 14.8 Å². The third kappa shape index (κ3) is 3.70. The number of carbonyl (C=O) groups is 1. The normalized spacial score (nSPS) is 18.5. The molecule has 1 heterocycles. The Balaban J connectivity index is 2.52. The Morgan fingerprint density at radius 2 is 1.92 bits per heavy atom. The second-order valence-electron chi connectivity index (χ2n) is 5.36. The van der Waals surface area contributed by atoms with Crippen LogP contribution in [0, 0.1) is 6.92 Å². The lowest BCUT2D eigenvalue weighted by molar-refractivity contribution is -0.119. The molecule has 6 nitrogen and oxygen atoms in total. The number of amides is 1. The van der Waals surface area contributed by atoms with E-state index in [0.717, 1.165) is 21.6 Å². The molecule has 1 saturated heterocycles. The molecule has 0 N–H and O–H groups in total. The van der Waals surface area contributed by atoms with E-state index in [1.807, 2.05) is 6.92 Å². The summed E-state index contributed by atoms with van der Waals surface area (Å²) < 4.78 is 26.6. The largest absolute Gasteiger partial charge is 0.382 e. The summed E-state index contributed by atoms with van der Waals surface area (Å²) in [5.74, 6) is -0.600. The van der Waals surface area contributed by atoms with Gasteiger partial charge in [-0.15, -0.1) is 6.58 Å². The molecule has 1 aromatic carbocycles. The third-order valence-electron chi connectivity index (χ3n) is 3.06. The van der Waals surface area contributed by atoms with E-state index in [2.05, 4.69) is 11.6 Å². The smallest absolute Gasteiger partial charge is 0.282 e. The molecule has 1 fully saturated rings. The van der Waals surface area contributed by atoms with Gasteiger partial charge in [-0.3, -0.25) is 9.79 Å². The lowest BCUT2D eigenvalue weighted by atomic mass is 10.2. The Morgan fingerprint density at radius 1 is 1.29 bits per heavy atom. The zero-order chi connectivity index (χ0) is 17.9. The Morgan fingerprint density at radius 3 is 2.46 bits per heavy atom. The van der Waals surface area contributed by atoms with Crippen molar-refractivity contribution in [1.29, 1.82) is 0 Å². The first-order valence-corrected chi connectivity index (χ1v) is 9.41. The third-order valence-corrected chi connectivity index (χ3v) is 5.86. The number of hydrogen-bond donors (Lipinski definition) is 0. The average molecular weight is 365 g/mol. The van der Waals surface area contributed by atoms with Crippen LogP contribution in [0.4, 0.5) is 0 Å². The summed E-state index contributed by atoms with van der Waals surface area (Å²) >= 11 is 1.04. The molecule has 0 bridgehead atoms. The monoisotopic (exact) mass is 365 g/mol. The summed E-state index contributed by atoms with van der Waals surface area (Å²) in [5.41, 5.74) is 0.935. The van der Waals surface area contributed by atoms with Gasteiger partial charge in [-0.2, -0.15) is 4.31 Å². The first-order chi connectivity index (χ1) is 11.3. The van der Waals surface area contributed by atoms with Gasteiger partial charge < -0.3 is 4.90 Å². The first-order valence-electron chi connectivity index (χ1n) is 7.15. The molecular weight excluding hydrogens is 346 g/mol. The van der Waals surface area contributed by atoms with Crippen molar-refractivity contribution >= 4 is 32.9 Å². The Bertz CT molecular complexity index is 809. The van der Waals surface area contributed by atoms with Crippen LogP contribution < -0.4 is 0 Å². The summed E-state index contributed by atoms with van der Waals surface area (Å²) in [4.78, 5) is 18.8. The van der Waals surface area contributed by atoms with E-state index in [1.165, 1.54) is 12.1 Å². The zero-order valence-corrected chi connectivity index (χ0v) is 15.4. The summed E-state index contributed by atoms with van der Waals surface area (Å²) in [7, 11) is -0.490. The summed E-state index contributed by atoms with van der Waals surface area (Å²) in [5, 5.41) is 0.133. The van der Waals surface area contributed by atoms with Crippen LogP contribution >= 0.6 is 11.8 Å². The van der Waals surface area contributed by atoms with Gasteiger partial charge in [0.15, 0.2) is 5.17 Å². The van der Waals surface area contributed by atoms with Gasteiger partial charge in [0.05, 0.1) is 16.3 Å². The van der Waals surface area contributed by atoms with E-state index in [1.54, 1.807) is 43.4 Å². The highest BCUT2D eigenvalue weighted by Gasteiger charge is 2.42. The quantitative estimate of drug-likeness (QED) is 0.591. The molecule has 0 aromatic heterocycles. The standard InChI is InChI=1S/C16H19N3O3S2/c1-5-10-17-16-19(15(20)14(23-16)11-18(3)4)24(21,22)13-8-6-12(2)7-9-13/h5-9,11H,1,10H2,2-4H3/b14-11-,17-16?. The molecule has 1 aliphatic heterocycles. The van der Waals surface area contributed by atoms with E-state index in [0.29, 0.717) is 4.91 Å². The van der Waals surface area contributed by atoms with E-state index in [-0.39, 0.29) is 16.6 Å². The highest BCUT2D eigenvalue weighted by molar-refractivity contribution is 8.19. The van der Waals surface area contributed by atoms with Crippen LogP contribution in [0.25, 0.3) is 0 Å². The Kier molecular flexibility index (Phi) is 5.51. The molecule has 2 rings (SSSR count). The average Bonchev–Trinajstić information content (AvgIpc) is 2.81. The number of aryl methyl sites for hydroxylation is 1. The number of rotatable bonds is 5. The molecule has 8 heteroatoms. The van der Waals surface area contributed by atoms with Crippen molar-refractivity contribution < 1.29 is 13.2 Å². The van der Waals surface area contributed by atoms with Gasteiger partial charge in [0.25, 0.3) is 15.9 Å². The highest BCUT2D eigenvalue weighted by Crippen LogP contribution is 2.35. The van der Waals surface area contributed by atoms with Crippen LogP contribution in [0.3, 0.4) is 0 Å². The molecule has 0 saturated carbocycles. The number of nitrogens with zero attached hydrogens (tertiary/aromatic N) is 3. The van der Waals surface area contributed by atoms with Crippen LogP contribution in [0.5, 0.6) is 0 Å². The maximum Gasteiger partial charge on any atom is 0.282 e. The van der Waals surface area contributed by atoms with Crippen molar-refractivity contribution in [3.63, 3.8) is 0 Å². The van der Waals surface area contributed by atoms with E-state index >= 15 is 0 Å². The van der Waals surface area contributed by atoms with Gasteiger partial charge in [0, 0.05) is 20.3 Å². The Hall–Kier alpha value is -2.06. The molecular formula is C16H19N3O3S2. The number of carbonyl (C=O) groups excluding carboxylic acids is 1. The second-order valence-corrected chi connectivity index (χ2v) is 8.15. The topological polar surface area (TPSA) is 70.1 Å². The van der Waals surface area contributed by atoms with Crippen molar-refractivity contribution in [3.05, 3.63) is 53.6 Å². The van der Waals surface area contributed by atoms with Gasteiger partial charge >= 0.3 is 0 Å². The van der Waals surface area contributed by atoms with E-state index < -0.39 is 15.9 Å². The van der Waals surface area contributed by atoms with Crippen molar-refractivity contribution in [3.8, 4) is 0 Å². The van der Waals surface area contributed by atoms with Crippen molar-refractivity contribution in [2.24, 2.45) is 4.99 Å². The molecule has 1 amide bonds. The predicted molar refractivity (Wildman–Crippen MR) is 97.1 cm³/mol. The van der Waals surface area contributed by atoms with Crippen LogP contribution in [0.2, 0.25) is 0 Å². The van der Waals surface area contributed by atoms with E-state index in [9.17, 15) is 13.2 Å². The van der Waals surface area contributed by atoms with Crippen molar-refractivity contribution in [1.82, 2.24) is 9.21 Å². The van der Waals surface area contributed by atoms with Gasteiger partial charge in [-0.05, 0) is 30.8 Å². The predicted octanol–water partition coefficient (Wildman–Crippen LogP) is 2.20. The van der Waals surface area contributed by atoms with Gasteiger partial charge in [0.1, 0.15) is 0 Å². The number of sulfonamides is 1. The number of benzene rings is 1. The maximum atomic E-state index is 12.9. The lowest BCUT2D eigenvalue weighted by Gasteiger charge is -2.16. The van der Waals surface area contributed by atoms with Crippen molar-refractivity contribution in [2.45, 2.75) is 11.8 Å². The molecule has 0 unspecified atom stereocenters. The minimum atomic E-state index is -4.01. The summed E-state index contributed by atoms with van der Waals surface area (Å²) in [6, 6.07) is 6.36. The fraction of sp³-hybridized carbons (Fsp3) is 0.250. The first kappa shape index (κ1) is 18.3. The maximum absolute atomic E-state index is 12.9. The van der Waals surface area contributed by atoms with Crippen LogP contribution in [-0.4, -0.2) is 49.3 Å². The fourth-order valence-corrected chi connectivity index (χ4v) is 4.63. The zero-order valence-electron chi connectivity index (χ0n) is 13.8. The van der Waals surface area contributed by atoms with Gasteiger partial charge in [-0.1, -0.05) is 23.8 Å². The van der Waals surface area contributed by atoms with E-state index in [4.69, 9.17) is 0 Å². The SMILES string of the molecule is C=CCN=C1S/C(=C\N(C)C)C(=O)N1S(=O)(=O)c1ccc(C)cc1. The number of amidine groups is 1. The van der Waals surface area contributed by atoms with Gasteiger partial charge in [0.2, 0.25) is 0 Å². The van der Waals surface area contributed by atoms with Crippen molar-refractivity contribution in [2.75, 3.05) is 20.6 Å². The minimum absolute atomic E-state index is 0.0551. The number of thioether (sulfide) groups is 1. The summed E-state index contributed by atoms with van der Waals surface area (Å²) in [6.07, 6.45) is 3.13. The van der Waals surface area contributed by atoms with Crippen LogP contribution in [0.15, 0.2) is 57.9 Å². The molecule has 0 spiro atoms. The number of aliphatic imine (C=N–C) groups is 1. The highest BCUT2D eigenvalue weighted by atomic mass is 32.2. The number of hydrogen-bond acceptors (Lipinski definition) is 6. The fourth-order valence-electron chi connectivity index (χ4n) is 1.95. The van der Waals surface area contributed by atoms with Gasteiger partial charge in [-0.25, -0.2) is 8.42 Å². The molecule has 1 aromatic rings. The lowest BCUT2D eigenvalue weighted by Crippen LogP contribution is -2.35. The molecule has 0 radical (unpaired) electrons. The second kappa shape index (κ2) is 7.23. The molecule has 24 heavy (non-hydrogen) atoms. The molecule has 128 valence electrons. The molecule has 1 aliphatic rings. The molecule has 0 atom stereocenters. The summed E-state index contributed by atoms with van der Waals surface area (Å²) in [6.45, 7) is 5.66. The molecule has 0 aliphatic carbocycles. The minimum Gasteiger partial charge on any atom is -0.382 e. The Labute approximate surface area is 146 Å². The van der Waals surface area contributed by atoms with Crippen LogP contribution in [0.1, 0.15) is 5.56 Å².